The van der Waals surface area contributed by atoms with Gasteiger partial charge >= 0.3 is 0 Å². The maximum atomic E-state index is 5.44. The highest BCUT2D eigenvalue weighted by molar-refractivity contribution is 5.57. The molecule has 1 unspecified atom stereocenters. The standard InChI is InChI=1S/C18H21NO/c1-20-18-13-7-6-12-17(18)19-16-11-5-3-9-14-8-2-4-10-15(14)16/h2,4,6-8,10,12-13,16,19H,3,5,9,11H2,1H3. The highest BCUT2D eigenvalue weighted by atomic mass is 16.5. The van der Waals surface area contributed by atoms with Crippen molar-refractivity contribution in [1.29, 1.82) is 0 Å². The Kier molecular flexibility index (Phi) is 3.91. The van der Waals surface area contributed by atoms with Crippen molar-refractivity contribution in [1.82, 2.24) is 0 Å². The van der Waals surface area contributed by atoms with Gasteiger partial charge in [0.1, 0.15) is 5.75 Å². The first-order valence-electron chi connectivity index (χ1n) is 7.36. The van der Waals surface area contributed by atoms with Crippen molar-refractivity contribution in [3.8, 4) is 5.75 Å². The van der Waals surface area contributed by atoms with Crippen LogP contribution in [0.4, 0.5) is 5.69 Å². The normalized spacial score (nSPS) is 17.9. The summed E-state index contributed by atoms with van der Waals surface area (Å²) in [5, 5.41) is 3.67. The summed E-state index contributed by atoms with van der Waals surface area (Å²) in [7, 11) is 1.72. The van der Waals surface area contributed by atoms with Crippen LogP contribution in [0.3, 0.4) is 0 Å². The van der Waals surface area contributed by atoms with Gasteiger partial charge in [0.2, 0.25) is 0 Å². The number of nitrogens with one attached hydrogen (secondary N) is 1. The van der Waals surface area contributed by atoms with Gasteiger partial charge in [-0.15, -0.1) is 0 Å². The third-order valence-corrected chi connectivity index (χ3v) is 4.06. The maximum absolute atomic E-state index is 5.44. The molecule has 0 heterocycles. The molecule has 1 aliphatic carbocycles. The lowest BCUT2D eigenvalue weighted by molar-refractivity contribution is 0.415. The van der Waals surface area contributed by atoms with E-state index < -0.39 is 0 Å². The SMILES string of the molecule is COc1ccccc1NC1CCCCc2ccccc21. The number of fused-ring (bicyclic) bond motifs is 1. The molecule has 0 saturated carbocycles. The number of aryl methyl sites for hydroxylation is 1. The topological polar surface area (TPSA) is 21.3 Å². The van der Waals surface area contributed by atoms with Crippen LogP contribution >= 0.6 is 0 Å². The number of ether oxygens (including phenoxy) is 1. The molecular formula is C18H21NO. The van der Waals surface area contributed by atoms with Crippen LogP contribution in [0.5, 0.6) is 5.75 Å². The molecular weight excluding hydrogens is 246 g/mol. The van der Waals surface area contributed by atoms with E-state index in [1.807, 2.05) is 18.2 Å². The number of hydrogen-bond donors (Lipinski definition) is 1. The van der Waals surface area contributed by atoms with E-state index in [9.17, 15) is 0 Å². The minimum atomic E-state index is 0.380. The van der Waals surface area contributed by atoms with Crippen molar-refractivity contribution in [3.05, 3.63) is 59.7 Å². The van der Waals surface area contributed by atoms with Crippen LogP contribution in [-0.4, -0.2) is 7.11 Å². The summed E-state index contributed by atoms with van der Waals surface area (Å²) in [5.74, 6) is 0.911. The Morgan fingerprint density at radius 2 is 1.80 bits per heavy atom. The summed E-state index contributed by atoms with van der Waals surface area (Å²) in [4.78, 5) is 0. The third-order valence-electron chi connectivity index (χ3n) is 4.06. The van der Waals surface area contributed by atoms with Crippen molar-refractivity contribution in [2.45, 2.75) is 31.7 Å². The lowest BCUT2D eigenvalue weighted by Crippen LogP contribution is -2.11. The van der Waals surface area contributed by atoms with Crippen LogP contribution in [0, 0.1) is 0 Å². The molecule has 3 rings (SSSR count). The van der Waals surface area contributed by atoms with Crippen LogP contribution < -0.4 is 10.1 Å². The number of rotatable bonds is 3. The number of anilines is 1. The molecule has 0 spiro atoms. The van der Waals surface area contributed by atoms with E-state index >= 15 is 0 Å². The quantitative estimate of drug-likeness (QED) is 0.822. The van der Waals surface area contributed by atoms with Gasteiger partial charge in [0.05, 0.1) is 18.8 Å². The van der Waals surface area contributed by atoms with Crippen LogP contribution in [0.25, 0.3) is 0 Å². The first-order valence-corrected chi connectivity index (χ1v) is 7.36. The number of para-hydroxylation sites is 2. The van der Waals surface area contributed by atoms with Gasteiger partial charge in [0.15, 0.2) is 0 Å². The Bertz CT molecular complexity index is 579. The summed E-state index contributed by atoms with van der Waals surface area (Å²) in [6.07, 6.45) is 4.91. The number of hydrogen-bond acceptors (Lipinski definition) is 2. The second-order valence-electron chi connectivity index (χ2n) is 5.34. The van der Waals surface area contributed by atoms with Crippen molar-refractivity contribution in [3.63, 3.8) is 0 Å². The Morgan fingerprint density at radius 3 is 2.70 bits per heavy atom. The Hall–Kier alpha value is -1.96. The van der Waals surface area contributed by atoms with Gasteiger partial charge in [0, 0.05) is 0 Å². The van der Waals surface area contributed by atoms with Crippen LogP contribution in [-0.2, 0) is 6.42 Å². The molecule has 2 aromatic rings. The molecule has 0 amide bonds. The van der Waals surface area contributed by atoms with Gasteiger partial charge in [-0.25, -0.2) is 0 Å². The molecule has 0 aliphatic heterocycles. The van der Waals surface area contributed by atoms with E-state index in [0.29, 0.717) is 6.04 Å². The van der Waals surface area contributed by atoms with E-state index in [0.717, 1.165) is 11.4 Å². The zero-order valence-electron chi connectivity index (χ0n) is 11.9. The molecule has 2 heteroatoms. The molecule has 0 saturated heterocycles. The molecule has 2 aromatic carbocycles. The molecule has 0 aromatic heterocycles. The predicted octanol–water partition coefficient (Wildman–Crippen LogP) is 4.57. The van der Waals surface area contributed by atoms with Crippen LogP contribution in [0.15, 0.2) is 48.5 Å². The fourth-order valence-electron chi connectivity index (χ4n) is 3.02. The van der Waals surface area contributed by atoms with Crippen molar-refractivity contribution >= 4 is 5.69 Å². The van der Waals surface area contributed by atoms with Gasteiger partial charge < -0.3 is 10.1 Å². The first kappa shape index (κ1) is 13.0. The molecule has 104 valence electrons. The molecule has 0 bridgehead atoms. The van der Waals surface area contributed by atoms with Gasteiger partial charge in [-0.05, 0) is 42.5 Å². The molecule has 0 radical (unpaired) electrons. The van der Waals surface area contributed by atoms with Crippen LogP contribution in [0.1, 0.15) is 36.4 Å². The molecule has 2 nitrogen and oxygen atoms in total. The highest BCUT2D eigenvalue weighted by Gasteiger charge is 2.18. The zero-order valence-corrected chi connectivity index (χ0v) is 11.9. The smallest absolute Gasteiger partial charge is 0.141 e. The average Bonchev–Trinajstić information content (AvgIpc) is 2.71. The molecule has 1 aliphatic rings. The fraction of sp³-hybridized carbons (Fsp3) is 0.333. The Labute approximate surface area is 120 Å². The maximum Gasteiger partial charge on any atom is 0.141 e. The highest BCUT2D eigenvalue weighted by Crippen LogP contribution is 2.34. The minimum Gasteiger partial charge on any atom is -0.495 e. The molecule has 20 heavy (non-hydrogen) atoms. The van der Waals surface area contributed by atoms with E-state index in [1.165, 1.54) is 36.8 Å². The lowest BCUT2D eigenvalue weighted by Gasteiger charge is -2.22. The molecule has 1 atom stereocenters. The summed E-state index contributed by atoms with van der Waals surface area (Å²) in [5.41, 5.74) is 4.00. The van der Waals surface area contributed by atoms with Gasteiger partial charge in [-0.1, -0.05) is 42.8 Å². The number of benzene rings is 2. The minimum absolute atomic E-state index is 0.380. The van der Waals surface area contributed by atoms with Gasteiger partial charge in [-0.3, -0.25) is 0 Å². The van der Waals surface area contributed by atoms with E-state index in [2.05, 4.69) is 35.6 Å². The largest absolute Gasteiger partial charge is 0.495 e. The summed E-state index contributed by atoms with van der Waals surface area (Å²) in [6, 6.07) is 17.3. The third kappa shape index (κ3) is 2.64. The molecule has 0 fully saturated rings. The van der Waals surface area contributed by atoms with E-state index in [4.69, 9.17) is 4.74 Å². The van der Waals surface area contributed by atoms with E-state index in [1.54, 1.807) is 7.11 Å². The summed E-state index contributed by atoms with van der Waals surface area (Å²) < 4.78 is 5.44. The number of methoxy groups -OCH3 is 1. The Morgan fingerprint density at radius 1 is 1.00 bits per heavy atom. The van der Waals surface area contributed by atoms with Crippen molar-refractivity contribution < 1.29 is 4.74 Å². The monoisotopic (exact) mass is 267 g/mol. The molecule has 1 N–H and O–H groups in total. The predicted molar refractivity (Wildman–Crippen MR) is 83.4 cm³/mol. The fourth-order valence-corrected chi connectivity index (χ4v) is 3.02. The van der Waals surface area contributed by atoms with Gasteiger partial charge in [0.25, 0.3) is 0 Å². The van der Waals surface area contributed by atoms with Crippen LogP contribution in [0.2, 0.25) is 0 Å². The van der Waals surface area contributed by atoms with Gasteiger partial charge in [-0.2, -0.15) is 0 Å². The lowest BCUT2D eigenvalue weighted by atomic mass is 9.99. The second kappa shape index (κ2) is 6.00. The Balaban J connectivity index is 1.90. The van der Waals surface area contributed by atoms with Crippen molar-refractivity contribution in [2.75, 3.05) is 12.4 Å². The summed E-state index contributed by atoms with van der Waals surface area (Å²) in [6.45, 7) is 0. The summed E-state index contributed by atoms with van der Waals surface area (Å²) >= 11 is 0. The van der Waals surface area contributed by atoms with E-state index in [-0.39, 0.29) is 0 Å². The first-order chi connectivity index (χ1) is 9.88. The second-order valence-corrected chi connectivity index (χ2v) is 5.34. The average molecular weight is 267 g/mol. The zero-order chi connectivity index (χ0) is 13.8. The van der Waals surface area contributed by atoms with Crippen molar-refractivity contribution in [2.24, 2.45) is 0 Å².